The maximum absolute atomic E-state index is 12.0. The molecule has 3 aromatic rings. The zero-order valence-corrected chi connectivity index (χ0v) is 15.3. The zero-order chi connectivity index (χ0) is 16.9. The molecule has 4 nitrogen and oxygen atoms in total. The molecule has 0 fully saturated rings. The summed E-state index contributed by atoms with van der Waals surface area (Å²) in [7, 11) is 1.64. The van der Waals surface area contributed by atoms with Crippen molar-refractivity contribution >= 4 is 56.0 Å². The van der Waals surface area contributed by atoms with E-state index in [1.807, 2.05) is 36.4 Å². The van der Waals surface area contributed by atoms with Gasteiger partial charge in [0, 0.05) is 22.1 Å². The lowest BCUT2D eigenvalue weighted by Crippen LogP contribution is -2.11. The van der Waals surface area contributed by atoms with E-state index in [-0.39, 0.29) is 5.91 Å². The lowest BCUT2D eigenvalue weighted by molar-refractivity contribution is -0.115. The highest BCUT2D eigenvalue weighted by Gasteiger charge is 2.08. The minimum atomic E-state index is -0.0406. The Balaban J connectivity index is 1.51. The maximum Gasteiger partial charge on any atom is 0.226 e. The van der Waals surface area contributed by atoms with Crippen molar-refractivity contribution in [2.45, 2.75) is 11.3 Å². The summed E-state index contributed by atoms with van der Waals surface area (Å²) in [5.41, 5.74) is 0.840. The highest BCUT2D eigenvalue weighted by atomic mass is 35.5. The van der Waals surface area contributed by atoms with Gasteiger partial charge in [-0.15, -0.1) is 11.8 Å². The summed E-state index contributed by atoms with van der Waals surface area (Å²) in [4.78, 5) is 17.5. The van der Waals surface area contributed by atoms with Crippen molar-refractivity contribution in [2.24, 2.45) is 0 Å². The first-order valence-corrected chi connectivity index (χ1v) is 9.45. The van der Waals surface area contributed by atoms with Crippen LogP contribution in [0.15, 0.2) is 47.4 Å². The van der Waals surface area contributed by atoms with E-state index < -0.39 is 0 Å². The Labute approximate surface area is 153 Å². The number of amides is 1. The number of benzene rings is 2. The van der Waals surface area contributed by atoms with Gasteiger partial charge in [-0.3, -0.25) is 4.79 Å². The number of anilines is 1. The minimum absolute atomic E-state index is 0.0406. The molecule has 1 amide bonds. The molecule has 3 rings (SSSR count). The number of nitrogens with zero attached hydrogens (tertiary/aromatic N) is 1. The van der Waals surface area contributed by atoms with Crippen LogP contribution < -0.4 is 10.1 Å². The van der Waals surface area contributed by atoms with Crippen LogP contribution in [0.3, 0.4) is 0 Å². The maximum atomic E-state index is 12.0. The average molecular weight is 379 g/mol. The van der Waals surface area contributed by atoms with Crippen LogP contribution in [-0.2, 0) is 4.79 Å². The van der Waals surface area contributed by atoms with Gasteiger partial charge in [0.2, 0.25) is 5.91 Å². The number of hydrogen-bond acceptors (Lipinski definition) is 5. The third kappa shape index (κ3) is 4.41. The lowest BCUT2D eigenvalue weighted by atomic mass is 10.3. The molecule has 1 heterocycles. The molecule has 0 aliphatic rings. The van der Waals surface area contributed by atoms with E-state index in [4.69, 9.17) is 16.3 Å². The normalized spacial score (nSPS) is 10.8. The molecule has 0 spiro atoms. The molecule has 124 valence electrons. The predicted molar refractivity (Wildman–Crippen MR) is 102 cm³/mol. The fourth-order valence-electron chi connectivity index (χ4n) is 2.07. The quantitative estimate of drug-likeness (QED) is 0.608. The van der Waals surface area contributed by atoms with Gasteiger partial charge >= 0.3 is 0 Å². The zero-order valence-electron chi connectivity index (χ0n) is 12.9. The number of ether oxygens (including phenoxy) is 1. The van der Waals surface area contributed by atoms with Gasteiger partial charge < -0.3 is 10.1 Å². The van der Waals surface area contributed by atoms with Gasteiger partial charge in [0.1, 0.15) is 5.75 Å². The van der Waals surface area contributed by atoms with Crippen molar-refractivity contribution in [3.63, 3.8) is 0 Å². The van der Waals surface area contributed by atoms with E-state index >= 15 is 0 Å². The molecule has 7 heteroatoms. The number of halogens is 1. The van der Waals surface area contributed by atoms with Gasteiger partial charge in [0.15, 0.2) is 5.13 Å². The van der Waals surface area contributed by atoms with Crippen LogP contribution in [0.1, 0.15) is 6.42 Å². The van der Waals surface area contributed by atoms with Crippen LogP contribution in [0.4, 0.5) is 5.13 Å². The van der Waals surface area contributed by atoms with E-state index in [0.29, 0.717) is 22.3 Å². The van der Waals surface area contributed by atoms with Crippen molar-refractivity contribution < 1.29 is 9.53 Å². The van der Waals surface area contributed by atoms with Crippen molar-refractivity contribution in [1.82, 2.24) is 4.98 Å². The summed E-state index contributed by atoms with van der Waals surface area (Å²) >= 11 is 9.02. The first-order valence-electron chi connectivity index (χ1n) is 7.27. The van der Waals surface area contributed by atoms with Crippen molar-refractivity contribution in [2.75, 3.05) is 18.2 Å². The third-order valence-corrected chi connectivity index (χ3v) is 5.44. The van der Waals surface area contributed by atoms with E-state index in [9.17, 15) is 4.79 Å². The molecule has 0 saturated heterocycles. The second kappa shape index (κ2) is 7.88. The van der Waals surface area contributed by atoms with Crippen molar-refractivity contribution in [3.05, 3.63) is 47.5 Å². The third-order valence-electron chi connectivity index (χ3n) is 3.25. The molecule has 0 aliphatic heterocycles. The van der Waals surface area contributed by atoms with E-state index in [0.717, 1.165) is 20.9 Å². The van der Waals surface area contributed by atoms with Crippen LogP contribution in [0.25, 0.3) is 10.2 Å². The molecule has 1 aromatic heterocycles. The number of methoxy groups -OCH3 is 1. The summed E-state index contributed by atoms with van der Waals surface area (Å²) < 4.78 is 6.09. The van der Waals surface area contributed by atoms with E-state index in [2.05, 4.69) is 10.3 Å². The van der Waals surface area contributed by atoms with E-state index in [1.165, 1.54) is 11.3 Å². The second-order valence-corrected chi connectivity index (χ2v) is 7.59. The van der Waals surface area contributed by atoms with Crippen LogP contribution in [0.2, 0.25) is 5.02 Å². The Morgan fingerprint density at radius 1 is 1.29 bits per heavy atom. The Morgan fingerprint density at radius 2 is 2.08 bits per heavy atom. The van der Waals surface area contributed by atoms with E-state index in [1.54, 1.807) is 24.9 Å². The summed E-state index contributed by atoms with van der Waals surface area (Å²) in [6.07, 6.45) is 0.424. The number of thioether (sulfide) groups is 1. The monoisotopic (exact) mass is 378 g/mol. The first-order chi connectivity index (χ1) is 11.6. The molecule has 1 N–H and O–H groups in total. The van der Waals surface area contributed by atoms with Crippen molar-refractivity contribution in [3.8, 4) is 5.75 Å². The number of aromatic nitrogens is 1. The fraction of sp³-hybridized carbons (Fsp3) is 0.176. The van der Waals surface area contributed by atoms with Crippen molar-refractivity contribution in [1.29, 1.82) is 0 Å². The summed E-state index contributed by atoms with van der Waals surface area (Å²) in [6, 6.07) is 13.3. The van der Waals surface area contributed by atoms with Gasteiger partial charge in [-0.1, -0.05) is 22.9 Å². The summed E-state index contributed by atoms with van der Waals surface area (Å²) in [6.45, 7) is 0. The summed E-state index contributed by atoms with van der Waals surface area (Å²) in [5.74, 6) is 1.49. The molecule has 0 saturated carbocycles. The van der Waals surface area contributed by atoms with Gasteiger partial charge in [-0.2, -0.15) is 0 Å². The van der Waals surface area contributed by atoms with Crippen LogP contribution in [0.5, 0.6) is 5.75 Å². The lowest BCUT2D eigenvalue weighted by Gasteiger charge is -2.03. The number of carbonyl (C=O) groups excluding carboxylic acids is 1. The largest absolute Gasteiger partial charge is 0.497 e. The fourth-order valence-corrected chi connectivity index (χ4v) is 4.08. The minimum Gasteiger partial charge on any atom is -0.497 e. The second-order valence-electron chi connectivity index (χ2n) is 4.95. The molecule has 24 heavy (non-hydrogen) atoms. The van der Waals surface area contributed by atoms with Crippen LogP contribution in [0, 0.1) is 0 Å². The number of hydrogen-bond donors (Lipinski definition) is 1. The van der Waals surface area contributed by atoms with Gasteiger partial charge in [0.05, 0.1) is 17.3 Å². The number of nitrogens with one attached hydrogen (secondary N) is 1. The average Bonchev–Trinajstić information content (AvgIpc) is 2.96. The predicted octanol–water partition coefficient (Wildman–Crippen LogP) is 5.08. The van der Waals surface area contributed by atoms with Gasteiger partial charge in [0.25, 0.3) is 0 Å². The molecule has 0 atom stereocenters. The molecule has 0 bridgehead atoms. The number of fused-ring (bicyclic) bond motifs is 1. The topological polar surface area (TPSA) is 51.2 Å². The Morgan fingerprint density at radius 3 is 2.83 bits per heavy atom. The van der Waals surface area contributed by atoms with Gasteiger partial charge in [-0.25, -0.2) is 4.98 Å². The molecule has 0 radical (unpaired) electrons. The number of rotatable bonds is 6. The van der Waals surface area contributed by atoms with Crippen LogP contribution in [-0.4, -0.2) is 23.8 Å². The highest BCUT2D eigenvalue weighted by Crippen LogP contribution is 2.28. The highest BCUT2D eigenvalue weighted by molar-refractivity contribution is 7.99. The standard InChI is InChI=1S/C17H15ClN2O2S2/c1-22-12-3-5-13(6-4-12)23-9-8-16(21)20-17-19-14-7-2-11(18)10-15(14)24-17/h2-7,10H,8-9H2,1H3,(H,19,20,21). The smallest absolute Gasteiger partial charge is 0.226 e. The number of carbonyl (C=O) groups is 1. The first kappa shape index (κ1) is 17.1. The Kier molecular flexibility index (Phi) is 5.60. The van der Waals surface area contributed by atoms with Gasteiger partial charge in [-0.05, 0) is 42.5 Å². The molecular formula is C17H15ClN2O2S2. The van der Waals surface area contributed by atoms with Crippen LogP contribution >= 0.6 is 34.7 Å². The summed E-state index contributed by atoms with van der Waals surface area (Å²) in [5, 5.41) is 4.12. The molecule has 2 aromatic carbocycles. The molecular weight excluding hydrogens is 364 g/mol. The molecule has 0 unspecified atom stereocenters. The Bertz CT molecular complexity index is 849. The molecule has 0 aliphatic carbocycles. The Hall–Kier alpha value is -1.76. The SMILES string of the molecule is COc1ccc(SCCC(=O)Nc2nc3ccc(Cl)cc3s2)cc1. The number of thiazole rings is 1.